The van der Waals surface area contributed by atoms with Crippen LogP contribution in [0.15, 0.2) is 53.6 Å². The van der Waals surface area contributed by atoms with Crippen LogP contribution in [0.4, 0.5) is 4.79 Å². The Labute approximate surface area is 179 Å². The minimum absolute atomic E-state index is 0.397. The van der Waals surface area contributed by atoms with Crippen molar-refractivity contribution in [3.8, 4) is 22.6 Å². The summed E-state index contributed by atoms with van der Waals surface area (Å²) in [6.07, 6.45) is 0. The molecule has 0 saturated heterocycles. The minimum Gasteiger partial charge on any atom is -0.497 e. The van der Waals surface area contributed by atoms with Crippen molar-refractivity contribution in [3.05, 3.63) is 48.5 Å². The van der Waals surface area contributed by atoms with Gasteiger partial charge in [0, 0.05) is 19.2 Å². The maximum atomic E-state index is 12.3. The number of rotatable bonds is 6. The molecule has 30 heavy (non-hydrogen) atoms. The lowest BCUT2D eigenvalue weighted by molar-refractivity contribution is -0.119. The van der Waals surface area contributed by atoms with E-state index in [1.54, 1.807) is 21.1 Å². The van der Waals surface area contributed by atoms with E-state index in [4.69, 9.17) is 14.5 Å². The normalized spacial score (nSPS) is 11.6. The molecule has 0 saturated carbocycles. The van der Waals surface area contributed by atoms with Crippen LogP contribution in [0.2, 0.25) is 0 Å². The molecule has 0 unspecified atom stereocenters. The number of carbonyl (C=O) groups excluding carboxylic acids is 2. The van der Waals surface area contributed by atoms with Crippen molar-refractivity contribution >= 4 is 34.6 Å². The summed E-state index contributed by atoms with van der Waals surface area (Å²) in [4.78, 5) is 28.4. The molecule has 7 nitrogen and oxygen atoms in total. The number of benzene rings is 2. The van der Waals surface area contributed by atoms with Gasteiger partial charge in [-0.05, 0) is 24.1 Å². The fourth-order valence-corrected chi connectivity index (χ4v) is 3.84. The number of carbonyl (C=O) groups is 2. The molecule has 0 fully saturated rings. The van der Waals surface area contributed by atoms with Crippen molar-refractivity contribution in [2.24, 2.45) is 0 Å². The summed E-state index contributed by atoms with van der Waals surface area (Å²) in [7, 11) is 4.65. The molecule has 2 N–H and O–H groups in total. The third-order valence-corrected chi connectivity index (χ3v) is 5.51. The molecular formula is C22H23N3O4S. The Morgan fingerprint density at radius 2 is 1.80 bits per heavy atom. The van der Waals surface area contributed by atoms with E-state index in [0.29, 0.717) is 22.0 Å². The minimum atomic E-state index is -0.543. The Morgan fingerprint density at radius 1 is 1.07 bits per heavy atom. The van der Waals surface area contributed by atoms with Crippen LogP contribution >= 0.6 is 11.8 Å². The lowest BCUT2D eigenvalue weighted by Gasteiger charge is -2.16. The van der Waals surface area contributed by atoms with E-state index in [1.165, 1.54) is 18.8 Å². The molecular weight excluding hydrogens is 402 g/mol. The molecule has 3 amide bonds. The fourth-order valence-electron chi connectivity index (χ4n) is 2.98. The lowest BCUT2D eigenvalue weighted by Crippen LogP contribution is -2.41. The molecule has 0 radical (unpaired) electrons. The van der Waals surface area contributed by atoms with Crippen molar-refractivity contribution in [2.45, 2.75) is 17.2 Å². The van der Waals surface area contributed by atoms with E-state index in [9.17, 15) is 9.59 Å². The van der Waals surface area contributed by atoms with Gasteiger partial charge in [-0.25, -0.2) is 9.78 Å². The van der Waals surface area contributed by atoms with Crippen LogP contribution in [0, 0.1) is 0 Å². The summed E-state index contributed by atoms with van der Waals surface area (Å²) in [6.45, 7) is 1.73. The molecule has 0 aliphatic heterocycles. The number of thioether (sulfide) groups is 1. The molecule has 0 aliphatic rings. The van der Waals surface area contributed by atoms with E-state index in [2.05, 4.69) is 10.6 Å². The second-order valence-electron chi connectivity index (χ2n) is 6.43. The van der Waals surface area contributed by atoms with Gasteiger partial charge in [0.15, 0.2) is 0 Å². The molecule has 1 heterocycles. The Kier molecular flexibility index (Phi) is 6.79. The first-order valence-corrected chi connectivity index (χ1v) is 10.2. The van der Waals surface area contributed by atoms with Crippen molar-refractivity contribution in [1.82, 2.24) is 15.6 Å². The predicted molar refractivity (Wildman–Crippen MR) is 118 cm³/mol. The zero-order valence-corrected chi connectivity index (χ0v) is 18.0. The summed E-state index contributed by atoms with van der Waals surface area (Å²) >= 11 is 1.27. The zero-order chi connectivity index (χ0) is 21.7. The van der Waals surface area contributed by atoms with Gasteiger partial charge in [0.05, 0.1) is 35.4 Å². The predicted octanol–water partition coefficient (Wildman–Crippen LogP) is 3.86. The van der Waals surface area contributed by atoms with Crippen LogP contribution in [0.5, 0.6) is 11.5 Å². The molecule has 8 heteroatoms. The number of pyridine rings is 1. The Hall–Kier alpha value is -3.26. The SMILES string of the molecule is CNC(=O)NC(=O)[C@@H](C)Sc1cc(-c2ccccc2)c2c(OC)cc(OC)cc2n1. The van der Waals surface area contributed by atoms with Crippen molar-refractivity contribution in [3.63, 3.8) is 0 Å². The molecule has 0 bridgehead atoms. The van der Waals surface area contributed by atoms with Gasteiger partial charge in [-0.15, -0.1) is 0 Å². The summed E-state index contributed by atoms with van der Waals surface area (Å²) in [5.41, 5.74) is 2.62. The molecule has 2 aromatic carbocycles. The molecule has 0 spiro atoms. The number of nitrogens with one attached hydrogen (secondary N) is 2. The summed E-state index contributed by atoms with van der Waals surface area (Å²) in [5, 5.41) is 5.65. The van der Waals surface area contributed by atoms with Crippen LogP contribution in [-0.2, 0) is 4.79 Å². The van der Waals surface area contributed by atoms with E-state index in [0.717, 1.165) is 16.5 Å². The van der Waals surface area contributed by atoms with Crippen LogP contribution in [0.3, 0.4) is 0 Å². The topological polar surface area (TPSA) is 89.6 Å². The number of fused-ring (bicyclic) bond motifs is 1. The number of amides is 3. The van der Waals surface area contributed by atoms with Crippen molar-refractivity contribution in [1.29, 1.82) is 0 Å². The second-order valence-corrected chi connectivity index (χ2v) is 7.79. The molecule has 1 atom stereocenters. The first kappa shape index (κ1) is 21.4. The molecule has 3 aromatic rings. The number of aromatic nitrogens is 1. The van der Waals surface area contributed by atoms with Gasteiger partial charge in [-0.2, -0.15) is 0 Å². The highest BCUT2D eigenvalue weighted by Crippen LogP contribution is 2.40. The third-order valence-electron chi connectivity index (χ3n) is 4.49. The molecule has 1 aromatic heterocycles. The average Bonchev–Trinajstić information content (AvgIpc) is 2.77. The molecule has 0 aliphatic carbocycles. The highest BCUT2D eigenvalue weighted by atomic mass is 32.2. The number of nitrogens with zero attached hydrogens (tertiary/aromatic N) is 1. The maximum Gasteiger partial charge on any atom is 0.321 e. The third kappa shape index (κ3) is 4.65. The average molecular weight is 426 g/mol. The molecule has 156 valence electrons. The van der Waals surface area contributed by atoms with Crippen LogP contribution in [-0.4, -0.2) is 43.4 Å². The lowest BCUT2D eigenvalue weighted by atomic mass is 10.0. The quantitative estimate of drug-likeness (QED) is 0.583. The Morgan fingerprint density at radius 3 is 2.43 bits per heavy atom. The van der Waals surface area contributed by atoms with E-state index >= 15 is 0 Å². The largest absolute Gasteiger partial charge is 0.497 e. The van der Waals surface area contributed by atoms with Crippen LogP contribution in [0.25, 0.3) is 22.0 Å². The van der Waals surface area contributed by atoms with Gasteiger partial charge >= 0.3 is 6.03 Å². The Bertz CT molecular complexity index is 1070. The molecule has 3 rings (SSSR count). The van der Waals surface area contributed by atoms with Gasteiger partial charge < -0.3 is 14.8 Å². The van der Waals surface area contributed by atoms with Crippen molar-refractivity contribution < 1.29 is 19.1 Å². The number of hydrogen-bond donors (Lipinski definition) is 2. The van der Waals surface area contributed by atoms with Crippen molar-refractivity contribution in [2.75, 3.05) is 21.3 Å². The smallest absolute Gasteiger partial charge is 0.321 e. The number of imide groups is 1. The first-order chi connectivity index (χ1) is 14.5. The monoisotopic (exact) mass is 425 g/mol. The van der Waals surface area contributed by atoms with Gasteiger partial charge in [-0.1, -0.05) is 42.1 Å². The fraction of sp³-hybridized carbons (Fsp3) is 0.227. The van der Waals surface area contributed by atoms with Gasteiger partial charge in [-0.3, -0.25) is 10.1 Å². The number of methoxy groups -OCH3 is 2. The highest BCUT2D eigenvalue weighted by molar-refractivity contribution is 8.00. The number of hydrogen-bond acceptors (Lipinski definition) is 6. The van der Waals surface area contributed by atoms with Gasteiger partial charge in [0.1, 0.15) is 11.5 Å². The maximum absolute atomic E-state index is 12.3. The van der Waals surface area contributed by atoms with Gasteiger partial charge in [0.25, 0.3) is 0 Å². The summed E-state index contributed by atoms with van der Waals surface area (Å²) in [5.74, 6) is 0.877. The van der Waals surface area contributed by atoms with E-state index in [1.807, 2.05) is 48.5 Å². The summed E-state index contributed by atoms with van der Waals surface area (Å²) < 4.78 is 11.0. The standard InChI is InChI=1S/C22H23N3O4S/c1-13(21(26)25-22(27)23-2)30-19-12-16(14-8-6-5-7-9-14)20-17(24-19)10-15(28-3)11-18(20)29-4/h5-13H,1-4H3,(H2,23,25,26,27)/t13-/m1/s1. The Balaban J connectivity index is 2.10. The number of ether oxygens (including phenoxy) is 2. The first-order valence-electron chi connectivity index (χ1n) is 9.28. The number of urea groups is 1. The van der Waals surface area contributed by atoms with E-state index in [-0.39, 0.29) is 0 Å². The summed E-state index contributed by atoms with van der Waals surface area (Å²) in [6, 6.07) is 14.9. The van der Waals surface area contributed by atoms with Crippen LogP contribution in [0.1, 0.15) is 6.92 Å². The van der Waals surface area contributed by atoms with Crippen LogP contribution < -0.4 is 20.1 Å². The van der Waals surface area contributed by atoms with E-state index < -0.39 is 17.2 Å². The second kappa shape index (κ2) is 9.49. The zero-order valence-electron chi connectivity index (χ0n) is 17.2. The highest BCUT2D eigenvalue weighted by Gasteiger charge is 2.20. The van der Waals surface area contributed by atoms with Gasteiger partial charge in [0.2, 0.25) is 5.91 Å².